The molecule has 0 radical (unpaired) electrons. The molecule has 2 heterocycles. The number of carbonyl (C=O) groups is 1. The Kier molecular flexibility index (Phi) is 5.19. The maximum Gasteiger partial charge on any atom is 0.224 e. The summed E-state index contributed by atoms with van der Waals surface area (Å²) >= 11 is 0. The minimum atomic E-state index is 0.0788. The third kappa shape index (κ3) is 4.09. The van der Waals surface area contributed by atoms with Crippen LogP contribution < -0.4 is 0 Å². The predicted molar refractivity (Wildman–Crippen MR) is 82.1 cm³/mol. The number of pyridine rings is 1. The summed E-state index contributed by atoms with van der Waals surface area (Å²) in [7, 11) is 1.83. The lowest BCUT2D eigenvalue weighted by Gasteiger charge is -2.25. The second-order valence-electron chi connectivity index (χ2n) is 5.58. The molecule has 0 aliphatic rings. The first-order valence-corrected chi connectivity index (χ1v) is 7.37. The number of amides is 1. The molecule has 0 aromatic carbocycles. The highest BCUT2D eigenvalue weighted by Crippen LogP contribution is 2.08. The van der Waals surface area contributed by atoms with E-state index in [0.717, 1.165) is 12.1 Å². The van der Waals surface area contributed by atoms with Gasteiger partial charge in [-0.05, 0) is 48.9 Å². The Balaban J connectivity index is 1.88. The van der Waals surface area contributed by atoms with E-state index in [1.165, 1.54) is 5.56 Å². The minimum absolute atomic E-state index is 0.0788. The lowest BCUT2D eigenvalue weighted by atomic mass is 10.1. The minimum Gasteiger partial charge on any atom is -0.343 e. The van der Waals surface area contributed by atoms with Crippen LogP contribution in [0.4, 0.5) is 0 Å². The second kappa shape index (κ2) is 7.11. The average Bonchev–Trinajstić information content (AvgIpc) is 2.89. The first-order valence-electron chi connectivity index (χ1n) is 7.37. The molecular formula is C15H22N6O. The molecule has 2 rings (SSSR count). The lowest BCUT2D eigenvalue weighted by molar-refractivity contribution is -0.131. The normalized spacial score (nSPS) is 12.2. The van der Waals surface area contributed by atoms with Gasteiger partial charge in [0, 0.05) is 37.8 Å². The number of likely N-dealkylation sites (N-methyl/N-ethyl adjacent to an activating group) is 1. The number of hydrogen-bond acceptors (Lipinski definition) is 5. The number of aryl methyl sites for hydroxylation is 3. The van der Waals surface area contributed by atoms with E-state index in [-0.39, 0.29) is 11.9 Å². The molecule has 2 aromatic rings. The van der Waals surface area contributed by atoms with Gasteiger partial charge >= 0.3 is 0 Å². The molecule has 118 valence electrons. The quantitative estimate of drug-likeness (QED) is 0.800. The molecule has 7 nitrogen and oxygen atoms in total. The summed E-state index contributed by atoms with van der Waals surface area (Å²) in [5, 5.41) is 11.2. The highest BCUT2D eigenvalue weighted by atomic mass is 16.2. The second-order valence-corrected chi connectivity index (χ2v) is 5.58. The monoisotopic (exact) mass is 302 g/mol. The SMILES string of the molecule is Cc1ccnc(C[C@H](C)N(C)C(=O)CCn2nnnc2C)c1. The third-order valence-electron chi connectivity index (χ3n) is 3.78. The van der Waals surface area contributed by atoms with Gasteiger partial charge in [-0.2, -0.15) is 0 Å². The maximum absolute atomic E-state index is 12.3. The van der Waals surface area contributed by atoms with Gasteiger partial charge < -0.3 is 4.90 Å². The Bertz CT molecular complexity index is 638. The Hall–Kier alpha value is -2.31. The zero-order valence-electron chi connectivity index (χ0n) is 13.5. The van der Waals surface area contributed by atoms with E-state index in [1.54, 1.807) is 15.8 Å². The molecule has 0 saturated carbocycles. The van der Waals surface area contributed by atoms with Crippen molar-refractivity contribution in [2.75, 3.05) is 7.05 Å². The fourth-order valence-corrected chi connectivity index (χ4v) is 2.23. The van der Waals surface area contributed by atoms with Crippen molar-refractivity contribution in [1.82, 2.24) is 30.1 Å². The Morgan fingerprint density at radius 1 is 1.41 bits per heavy atom. The number of aromatic nitrogens is 5. The molecule has 1 amide bonds. The van der Waals surface area contributed by atoms with Crippen LogP contribution in [0.3, 0.4) is 0 Å². The fraction of sp³-hybridized carbons (Fsp3) is 0.533. The number of carbonyl (C=O) groups excluding carboxylic acids is 1. The van der Waals surface area contributed by atoms with Crippen molar-refractivity contribution < 1.29 is 4.79 Å². The van der Waals surface area contributed by atoms with E-state index in [2.05, 4.69) is 26.6 Å². The van der Waals surface area contributed by atoms with Crippen LogP contribution in [-0.2, 0) is 17.8 Å². The standard InChI is InChI=1S/C15H22N6O/c1-11-5-7-16-14(9-11)10-12(2)20(4)15(22)6-8-21-13(3)17-18-19-21/h5,7,9,12H,6,8,10H2,1-4H3/t12-/m0/s1. The van der Waals surface area contributed by atoms with E-state index < -0.39 is 0 Å². The summed E-state index contributed by atoms with van der Waals surface area (Å²) in [5.41, 5.74) is 2.18. The van der Waals surface area contributed by atoms with E-state index in [4.69, 9.17) is 0 Å². The molecule has 0 unspecified atom stereocenters. The number of nitrogens with zero attached hydrogens (tertiary/aromatic N) is 6. The molecule has 0 spiro atoms. The van der Waals surface area contributed by atoms with Crippen LogP contribution in [0, 0.1) is 13.8 Å². The topological polar surface area (TPSA) is 76.8 Å². The lowest BCUT2D eigenvalue weighted by Crippen LogP contribution is -2.37. The van der Waals surface area contributed by atoms with Crippen LogP contribution >= 0.6 is 0 Å². The molecule has 22 heavy (non-hydrogen) atoms. The van der Waals surface area contributed by atoms with Crippen LogP contribution in [0.1, 0.15) is 30.4 Å². The molecular weight excluding hydrogens is 280 g/mol. The number of tetrazole rings is 1. The van der Waals surface area contributed by atoms with Gasteiger partial charge in [0.2, 0.25) is 5.91 Å². The first-order chi connectivity index (χ1) is 10.5. The van der Waals surface area contributed by atoms with Crippen molar-refractivity contribution in [1.29, 1.82) is 0 Å². The number of rotatable bonds is 6. The first kappa shape index (κ1) is 16.1. The van der Waals surface area contributed by atoms with Crippen LogP contribution in [-0.4, -0.2) is 49.1 Å². The summed E-state index contributed by atoms with van der Waals surface area (Å²) in [6.07, 6.45) is 2.93. The van der Waals surface area contributed by atoms with E-state index in [0.29, 0.717) is 18.8 Å². The molecule has 2 aromatic heterocycles. The largest absolute Gasteiger partial charge is 0.343 e. The van der Waals surface area contributed by atoms with Crippen LogP contribution in [0.2, 0.25) is 0 Å². The van der Waals surface area contributed by atoms with Crippen molar-refractivity contribution in [3.63, 3.8) is 0 Å². The Morgan fingerprint density at radius 2 is 2.18 bits per heavy atom. The molecule has 1 atom stereocenters. The third-order valence-corrected chi connectivity index (χ3v) is 3.78. The molecule has 7 heteroatoms. The van der Waals surface area contributed by atoms with Crippen molar-refractivity contribution in [2.24, 2.45) is 0 Å². The summed E-state index contributed by atoms with van der Waals surface area (Å²) in [6.45, 7) is 6.39. The summed E-state index contributed by atoms with van der Waals surface area (Å²) in [4.78, 5) is 18.4. The van der Waals surface area contributed by atoms with Gasteiger partial charge in [0.25, 0.3) is 0 Å². The van der Waals surface area contributed by atoms with Gasteiger partial charge in [-0.15, -0.1) is 5.10 Å². The molecule has 0 N–H and O–H groups in total. The summed E-state index contributed by atoms with van der Waals surface area (Å²) in [5.74, 6) is 0.794. The maximum atomic E-state index is 12.3. The van der Waals surface area contributed by atoms with Gasteiger partial charge in [-0.3, -0.25) is 9.78 Å². The average molecular weight is 302 g/mol. The Morgan fingerprint density at radius 3 is 2.82 bits per heavy atom. The predicted octanol–water partition coefficient (Wildman–Crippen LogP) is 1.16. The van der Waals surface area contributed by atoms with Crippen molar-refractivity contribution >= 4 is 5.91 Å². The van der Waals surface area contributed by atoms with Crippen LogP contribution in [0.25, 0.3) is 0 Å². The Labute approximate surface area is 130 Å². The zero-order valence-corrected chi connectivity index (χ0v) is 13.5. The van der Waals surface area contributed by atoms with E-state index >= 15 is 0 Å². The van der Waals surface area contributed by atoms with Gasteiger partial charge in [0.05, 0.1) is 6.54 Å². The molecule has 0 aliphatic carbocycles. The van der Waals surface area contributed by atoms with Gasteiger partial charge in [0.1, 0.15) is 5.82 Å². The van der Waals surface area contributed by atoms with Gasteiger partial charge in [-0.25, -0.2) is 4.68 Å². The molecule has 0 aliphatic heterocycles. The van der Waals surface area contributed by atoms with Crippen LogP contribution in [0.5, 0.6) is 0 Å². The van der Waals surface area contributed by atoms with Crippen LogP contribution in [0.15, 0.2) is 18.3 Å². The summed E-state index contributed by atoms with van der Waals surface area (Å²) < 4.78 is 1.64. The van der Waals surface area contributed by atoms with Gasteiger partial charge in [-0.1, -0.05) is 0 Å². The number of hydrogen-bond donors (Lipinski definition) is 0. The van der Waals surface area contributed by atoms with E-state index in [9.17, 15) is 4.79 Å². The van der Waals surface area contributed by atoms with Crippen molar-refractivity contribution in [3.05, 3.63) is 35.4 Å². The summed E-state index contributed by atoms with van der Waals surface area (Å²) in [6, 6.07) is 4.12. The van der Waals surface area contributed by atoms with Gasteiger partial charge in [0.15, 0.2) is 0 Å². The smallest absolute Gasteiger partial charge is 0.224 e. The van der Waals surface area contributed by atoms with Crippen molar-refractivity contribution in [3.8, 4) is 0 Å². The highest BCUT2D eigenvalue weighted by molar-refractivity contribution is 5.76. The zero-order chi connectivity index (χ0) is 16.1. The fourth-order valence-electron chi connectivity index (χ4n) is 2.23. The molecule has 0 fully saturated rings. The molecule has 0 bridgehead atoms. The van der Waals surface area contributed by atoms with E-state index in [1.807, 2.05) is 33.9 Å². The van der Waals surface area contributed by atoms with Crippen molar-refractivity contribution in [2.45, 2.75) is 46.2 Å². The molecule has 0 saturated heterocycles. The highest BCUT2D eigenvalue weighted by Gasteiger charge is 2.17.